The van der Waals surface area contributed by atoms with Gasteiger partial charge < -0.3 is 15.0 Å². The van der Waals surface area contributed by atoms with E-state index in [2.05, 4.69) is 39.5 Å². The van der Waals surface area contributed by atoms with Crippen LogP contribution < -0.4 is 15.0 Å². The van der Waals surface area contributed by atoms with Crippen molar-refractivity contribution in [3.05, 3.63) is 65.2 Å². The zero-order chi connectivity index (χ0) is 22.7. The molecule has 3 aromatic rings. The van der Waals surface area contributed by atoms with E-state index >= 15 is 0 Å². The van der Waals surface area contributed by atoms with Gasteiger partial charge in [-0.1, -0.05) is 29.8 Å². The molecular weight excluding hydrogens is 400 g/mol. The highest BCUT2D eigenvalue weighted by atomic mass is 16.5. The lowest BCUT2D eigenvalue weighted by Gasteiger charge is -2.32. The molecule has 2 heterocycles. The number of nitrogens with one attached hydrogen (secondary N) is 1. The van der Waals surface area contributed by atoms with E-state index in [4.69, 9.17) is 4.74 Å². The molecule has 6 heteroatoms. The normalized spacial score (nSPS) is 16.0. The number of carbonyl (C=O) groups is 1. The predicted molar refractivity (Wildman–Crippen MR) is 128 cm³/mol. The average molecular weight is 431 g/mol. The number of aryl methyl sites for hydroxylation is 3. The molecule has 0 spiro atoms. The van der Waals surface area contributed by atoms with Crippen molar-refractivity contribution in [2.75, 3.05) is 30.4 Å². The molecule has 6 nitrogen and oxygen atoms in total. The van der Waals surface area contributed by atoms with Crippen LogP contribution in [0.25, 0.3) is 11.3 Å². The molecule has 1 N–H and O–H groups in total. The standard InChI is InChI=1S/C26H30N4O2/c1-17-14-18(2)25(19(3)15-17)27-26(31)20-8-7-13-30(16-20)24-12-11-22(28-29-24)21-9-5-6-10-23(21)32-4/h5-6,9-12,14-15,20H,7-8,13,16H2,1-4H3,(H,27,31). The van der Waals surface area contributed by atoms with Gasteiger partial charge in [0.05, 0.1) is 18.7 Å². The molecule has 1 amide bonds. The number of benzene rings is 2. The van der Waals surface area contributed by atoms with E-state index < -0.39 is 0 Å². The highest BCUT2D eigenvalue weighted by Crippen LogP contribution is 2.30. The van der Waals surface area contributed by atoms with Crippen LogP contribution in [-0.4, -0.2) is 36.3 Å². The van der Waals surface area contributed by atoms with Crippen molar-refractivity contribution in [1.29, 1.82) is 0 Å². The van der Waals surface area contributed by atoms with Gasteiger partial charge >= 0.3 is 0 Å². The summed E-state index contributed by atoms with van der Waals surface area (Å²) in [7, 11) is 1.65. The Morgan fingerprint density at radius 3 is 2.50 bits per heavy atom. The van der Waals surface area contributed by atoms with E-state index in [0.29, 0.717) is 6.54 Å². The second-order valence-electron chi connectivity index (χ2n) is 8.53. The molecular formula is C26H30N4O2. The molecule has 1 saturated heterocycles. The Bertz CT molecular complexity index is 1090. The fourth-order valence-electron chi connectivity index (χ4n) is 4.50. The number of hydrogen-bond donors (Lipinski definition) is 1. The van der Waals surface area contributed by atoms with Gasteiger partial charge in [0.15, 0.2) is 5.82 Å². The zero-order valence-electron chi connectivity index (χ0n) is 19.2. The number of amides is 1. The summed E-state index contributed by atoms with van der Waals surface area (Å²) in [6.45, 7) is 7.67. The maximum Gasteiger partial charge on any atom is 0.229 e. The van der Waals surface area contributed by atoms with E-state index in [0.717, 1.165) is 59.0 Å². The largest absolute Gasteiger partial charge is 0.496 e. The Hall–Kier alpha value is -3.41. The zero-order valence-corrected chi connectivity index (χ0v) is 19.2. The van der Waals surface area contributed by atoms with E-state index in [1.807, 2.05) is 50.2 Å². The van der Waals surface area contributed by atoms with Gasteiger partial charge in [0.1, 0.15) is 5.75 Å². The second kappa shape index (κ2) is 9.39. The van der Waals surface area contributed by atoms with Crippen molar-refractivity contribution in [3.8, 4) is 17.0 Å². The Morgan fingerprint density at radius 2 is 1.81 bits per heavy atom. The van der Waals surface area contributed by atoms with E-state index in [-0.39, 0.29) is 11.8 Å². The number of ether oxygens (including phenoxy) is 1. The SMILES string of the molecule is COc1ccccc1-c1ccc(N2CCCC(C(=O)Nc3c(C)cc(C)cc3C)C2)nn1. The maximum atomic E-state index is 13.1. The summed E-state index contributed by atoms with van der Waals surface area (Å²) in [6.07, 6.45) is 1.82. The Morgan fingerprint density at radius 1 is 1.06 bits per heavy atom. The van der Waals surface area contributed by atoms with Crippen molar-refractivity contribution in [1.82, 2.24) is 10.2 Å². The first kappa shape index (κ1) is 21.8. The third-order valence-corrected chi connectivity index (χ3v) is 6.07. The van der Waals surface area contributed by atoms with E-state index in [9.17, 15) is 4.79 Å². The van der Waals surface area contributed by atoms with Gasteiger partial charge in [0.2, 0.25) is 5.91 Å². The molecule has 1 aromatic heterocycles. The first-order valence-corrected chi connectivity index (χ1v) is 11.1. The van der Waals surface area contributed by atoms with Crippen molar-refractivity contribution < 1.29 is 9.53 Å². The van der Waals surface area contributed by atoms with Crippen LogP contribution in [0.3, 0.4) is 0 Å². The highest BCUT2D eigenvalue weighted by molar-refractivity contribution is 5.94. The summed E-state index contributed by atoms with van der Waals surface area (Å²) in [6, 6.07) is 15.9. The third kappa shape index (κ3) is 4.59. The average Bonchev–Trinajstić information content (AvgIpc) is 2.81. The van der Waals surface area contributed by atoms with Gasteiger partial charge in [-0.2, -0.15) is 0 Å². The summed E-state index contributed by atoms with van der Waals surface area (Å²) in [4.78, 5) is 15.2. The Kier molecular flexibility index (Phi) is 6.40. The van der Waals surface area contributed by atoms with Crippen molar-refractivity contribution >= 4 is 17.4 Å². The Labute approximate surface area is 189 Å². The van der Waals surface area contributed by atoms with Gasteiger partial charge in [0, 0.05) is 24.3 Å². The van der Waals surface area contributed by atoms with Crippen molar-refractivity contribution in [2.45, 2.75) is 33.6 Å². The molecule has 1 unspecified atom stereocenters. The minimum absolute atomic E-state index is 0.0726. The van der Waals surface area contributed by atoms with Gasteiger partial charge in [-0.15, -0.1) is 10.2 Å². The number of nitrogens with zero attached hydrogens (tertiary/aromatic N) is 3. The first-order chi connectivity index (χ1) is 15.5. The topological polar surface area (TPSA) is 67.3 Å². The quantitative estimate of drug-likeness (QED) is 0.621. The summed E-state index contributed by atoms with van der Waals surface area (Å²) in [5, 5.41) is 12.1. The van der Waals surface area contributed by atoms with Crippen LogP contribution >= 0.6 is 0 Å². The lowest BCUT2D eigenvalue weighted by molar-refractivity contribution is -0.120. The van der Waals surface area contributed by atoms with Crippen LogP contribution in [-0.2, 0) is 4.79 Å². The number of methoxy groups -OCH3 is 1. The predicted octanol–water partition coefficient (Wildman–Crippen LogP) is 4.93. The number of aromatic nitrogens is 2. The van der Waals surface area contributed by atoms with Crippen LogP contribution in [0.2, 0.25) is 0 Å². The number of hydrogen-bond acceptors (Lipinski definition) is 5. The van der Waals surface area contributed by atoms with Crippen LogP contribution in [0.15, 0.2) is 48.5 Å². The van der Waals surface area contributed by atoms with Crippen LogP contribution in [0.5, 0.6) is 5.75 Å². The van der Waals surface area contributed by atoms with Crippen LogP contribution in [0.1, 0.15) is 29.5 Å². The monoisotopic (exact) mass is 430 g/mol. The number of para-hydroxylation sites is 1. The van der Waals surface area contributed by atoms with E-state index in [1.165, 1.54) is 5.56 Å². The molecule has 166 valence electrons. The third-order valence-electron chi connectivity index (χ3n) is 6.07. The summed E-state index contributed by atoms with van der Waals surface area (Å²) in [5.41, 5.74) is 6.01. The van der Waals surface area contributed by atoms with Gasteiger partial charge in [-0.25, -0.2) is 0 Å². The fraction of sp³-hybridized carbons (Fsp3) is 0.346. The molecule has 1 fully saturated rings. The number of carbonyl (C=O) groups excluding carboxylic acids is 1. The lowest BCUT2D eigenvalue weighted by atomic mass is 9.96. The van der Waals surface area contributed by atoms with Crippen molar-refractivity contribution in [3.63, 3.8) is 0 Å². The molecule has 4 rings (SSSR count). The van der Waals surface area contributed by atoms with Gasteiger partial charge in [-0.05, 0) is 69.0 Å². The number of piperidine rings is 1. The van der Waals surface area contributed by atoms with E-state index in [1.54, 1.807) is 7.11 Å². The highest BCUT2D eigenvalue weighted by Gasteiger charge is 2.27. The Balaban J connectivity index is 1.46. The molecule has 1 aliphatic rings. The molecule has 0 saturated carbocycles. The molecule has 0 bridgehead atoms. The minimum atomic E-state index is -0.0838. The lowest BCUT2D eigenvalue weighted by Crippen LogP contribution is -2.41. The first-order valence-electron chi connectivity index (χ1n) is 11.1. The van der Waals surface area contributed by atoms with Gasteiger partial charge in [-0.3, -0.25) is 4.79 Å². The molecule has 1 aliphatic heterocycles. The molecule has 0 aliphatic carbocycles. The molecule has 0 radical (unpaired) electrons. The smallest absolute Gasteiger partial charge is 0.229 e. The second-order valence-corrected chi connectivity index (χ2v) is 8.53. The van der Waals surface area contributed by atoms with Crippen LogP contribution in [0.4, 0.5) is 11.5 Å². The maximum absolute atomic E-state index is 13.1. The van der Waals surface area contributed by atoms with Crippen molar-refractivity contribution in [2.24, 2.45) is 5.92 Å². The molecule has 32 heavy (non-hydrogen) atoms. The minimum Gasteiger partial charge on any atom is -0.496 e. The van der Waals surface area contributed by atoms with Crippen LogP contribution in [0, 0.1) is 26.7 Å². The summed E-state index contributed by atoms with van der Waals surface area (Å²) in [5.74, 6) is 1.55. The summed E-state index contributed by atoms with van der Waals surface area (Å²) < 4.78 is 5.44. The van der Waals surface area contributed by atoms with Gasteiger partial charge in [0.25, 0.3) is 0 Å². The number of anilines is 2. The number of rotatable bonds is 5. The molecule has 1 atom stereocenters. The summed E-state index contributed by atoms with van der Waals surface area (Å²) >= 11 is 0. The fourth-order valence-corrected chi connectivity index (χ4v) is 4.50. The molecule has 2 aromatic carbocycles.